The number of aryl methyl sites for hydroxylation is 1. The van der Waals surface area contributed by atoms with Crippen LogP contribution in [0.5, 0.6) is 12.0 Å². The van der Waals surface area contributed by atoms with E-state index in [9.17, 15) is 0 Å². The molecule has 0 radical (unpaired) electrons. The Morgan fingerprint density at radius 2 is 2.20 bits per heavy atom. The summed E-state index contributed by atoms with van der Waals surface area (Å²) in [6.45, 7) is 6.52. The van der Waals surface area contributed by atoms with Gasteiger partial charge in [-0.15, -0.1) is 0 Å². The fraction of sp³-hybridized carbons (Fsp3) is 0.706. The summed E-state index contributed by atoms with van der Waals surface area (Å²) in [6, 6.07) is 0.785. The maximum atomic E-state index is 6.08. The Kier molecular flexibility index (Phi) is 5.57. The zero-order valence-corrected chi connectivity index (χ0v) is 15.2. The third-order valence-corrected chi connectivity index (χ3v) is 4.54. The third-order valence-electron chi connectivity index (χ3n) is 4.54. The predicted octanol–water partition coefficient (Wildman–Crippen LogP) is 2.41. The van der Waals surface area contributed by atoms with Crippen molar-refractivity contribution in [1.29, 1.82) is 0 Å². The Labute approximate surface area is 147 Å². The van der Waals surface area contributed by atoms with Crippen molar-refractivity contribution in [3.63, 3.8) is 0 Å². The van der Waals surface area contributed by atoms with Crippen LogP contribution in [0.2, 0.25) is 0 Å². The van der Waals surface area contributed by atoms with Gasteiger partial charge in [-0.1, -0.05) is 13.3 Å². The number of imidazole rings is 1. The highest BCUT2D eigenvalue weighted by molar-refractivity contribution is 5.83. The lowest BCUT2D eigenvalue weighted by molar-refractivity contribution is 0.183. The smallest absolute Gasteiger partial charge is 0.320 e. The highest BCUT2D eigenvalue weighted by atomic mass is 16.5. The highest BCUT2D eigenvalue weighted by Gasteiger charge is 2.21. The maximum Gasteiger partial charge on any atom is 0.320 e. The number of hydrogen-bond acceptors (Lipinski definition) is 7. The lowest BCUT2D eigenvalue weighted by atomic mass is 10.1. The van der Waals surface area contributed by atoms with E-state index in [1.165, 1.54) is 0 Å². The van der Waals surface area contributed by atoms with Gasteiger partial charge in [-0.2, -0.15) is 15.0 Å². The number of rotatable bonds is 8. The molecule has 25 heavy (non-hydrogen) atoms. The largest absolute Gasteiger partial charge is 0.468 e. The minimum atomic E-state index is 0.0377. The number of nitrogens with two attached hydrogens (primary N) is 1. The minimum absolute atomic E-state index is 0.0377. The Hall–Kier alpha value is -2.09. The van der Waals surface area contributed by atoms with Crippen LogP contribution in [0.4, 0.5) is 5.82 Å². The summed E-state index contributed by atoms with van der Waals surface area (Å²) in [5.74, 6) is 0.867. The van der Waals surface area contributed by atoms with Gasteiger partial charge in [-0.05, 0) is 32.1 Å². The summed E-state index contributed by atoms with van der Waals surface area (Å²) in [6.07, 6.45) is 4.08. The normalized spacial score (nSPS) is 18.6. The van der Waals surface area contributed by atoms with E-state index < -0.39 is 0 Å². The molecule has 0 spiro atoms. The quantitative estimate of drug-likeness (QED) is 0.781. The fourth-order valence-corrected chi connectivity index (χ4v) is 3.16. The van der Waals surface area contributed by atoms with E-state index >= 15 is 0 Å². The monoisotopic (exact) mass is 349 g/mol. The van der Waals surface area contributed by atoms with Crippen molar-refractivity contribution in [3.05, 3.63) is 0 Å². The van der Waals surface area contributed by atoms with Crippen molar-refractivity contribution in [2.24, 2.45) is 5.92 Å². The first kappa shape index (κ1) is 17.7. The second-order valence-electron chi connectivity index (χ2n) is 6.55. The minimum Gasteiger partial charge on any atom is -0.468 e. The molecule has 1 saturated heterocycles. The van der Waals surface area contributed by atoms with Gasteiger partial charge < -0.3 is 19.9 Å². The van der Waals surface area contributed by atoms with Crippen LogP contribution in [0, 0.1) is 5.92 Å². The second-order valence-corrected chi connectivity index (χ2v) is 6.55. The van der Waals surface area contributed by atoms with Crippen LogP contribution >= 0.6 is 0 Å². The van der Waals surface area contributed by atoms with Crippen molar-refractivity contribution in [2.45, 2.75) is 52.2 Å². The molecule has 2 atom stereocenters. The van der Waals surface area contributed by atoms with Crippen LogP contribution < -0.4 is 15.2 Å². The molecule has 0 aromatic carbocycles. The van der Waals surface area contributed by atoms with Gasteiger partial charge in [0.2, 0.25) is 0 Å². The first-order valence-corrected chi connectivity index (χ1v) is 8.94. The van der Waals surface area contributed by atoms with Crippen LogP contribution in [-0.2, 0) is 11.3 Å². The van der Waals surface area contributed by atoms with E-state index in [1.54, 1.807) is 7.11 Å². The SMILES string of the molecule is CCC[C@H](C)Oc1nc(N)c2nc(OC)n(CC[C@H]3CCOC3)c2n1. The van der Waals surface area contributed by atoms with Crippen LogP contribution in [-0.4, -0.2) is 45.9 Å². The zero-order valence-electron chi connectivity index (χ0n) is 15.2. The van der Waals surface area contributed by atoms with Crippen LogP contribution in [0.3, 0.4) is 0 Å². The van der Waals surface area contributed by atoms with Gasteiger partial charge >= 0.3 is 6.01 Å². The average Bonchev–Trinajstić information content (AvgIpc) is 3.20. The first-order chi connectivity index (χ1) is 12.1. The number of nitrogen functional groups attached to an aromatic ring is 1. The van der Waals surface area contributed by atoms with Gasteiger partial charge in [0.15, 0.2) is 17.0 Å². The van der Waals surface area contributed by atoms with E-state index in [0.29, 0.717) is 34.9 Å². The van der Waals surface area contributed by atoms with Crippen molar-refractivity contribution >= 4 is 17.0 Å². The lowest BCUT2D eigenvalue weighted by Crippen LogP contribution is -2.14. The summed E-state index contributed by atoms with van der Waals surface area (Å²) < 4.78 is 18.6. The maximum absolute atomic E-state index is 6.08. The number of ether oxygens (including phenoxy) is 3. The Balaban J connectivity index is 1.88. The molecule has 0 bridgehead atoms. The first-order valence-electron chi connectivity index (χ1n) is 8.94. The van der Waals surface area contributed by atoms with Crippen LogP contribution in [0.15, 0.2) is 0 Å². The van der Waals surface area contributed by atoms with E-state index in [-0.39, 0.29) is 6.10 Å². The number of methoxy groups -OCH3 is 1. The molecule has 1 fully saturated rings. The molecule has 138 valence electrons. The summed E-state index contributed by atoms with van der Waals surface area (Å²) in [7, 11) is 1.60. The predicted molar refractivity (Wildman–Crippen MR) is 94.8 cm³/mol. The summed E-state index contributed by atoms with van der Waals surface area (Å²) in [5.41, 5.74) is 7.28. The molecule has 1 aliphatic heterocycles. The molecule has 1 aliphatic rings. The molecule has 0 unspecified atom stereocenters. The number of fused-ring (bicyclic) bond motifs is 1. The molecule has 0 saturated carbocycles. The number of aromatic nitrogens is 4. The van der Waals surface area contributed by atoms with E-state index in [2.05, 4.69) is 21.9 Å². The molecule has 2 aromatic heterocycles. The molecule has 2 N–H and O–H groups in total. The van der Waals surface area contributed by atoms with Gasteiger partial charge in [-0.25, -0.2) is 0 Å². The van der Waals surface area contributed by atoms with E-state index in [4.69, 9.17) is 19.9 Å². The van der Waals surface area contributed by atoms with Gasteiger partial charge in [0.05, 0.1) is 13.2 Å². The Morgan fingerprint density at radius 3 is 2.88 bits per heavy atom. The zero-order chi connectivity index (χ0) is 17.8. The van der Waals surface area contributed by atoms with Crippen molar-refractivity contribution < 1.29 is 14.2 Å². The number of nitrogens with zero attached hydrogens (tertiary/aromatic N) is 4. The topological polar surface area (TPSA) is 97.3 Å². The molecule has 2 aromatic rings. The third kappa shape index (κ3) is 3.95. The van der Waals surface area contributed by atoms with E-state index in [1.807, 2.05) is 11.5 Å². The average molecular weight is 349 g/mol. The highest BCUT2D eigenvalue weighted by Crippen LogP contribution is 2.27. The molecule has 0 aliphatic carbocycles. The molecule has 8 nitrogen and oxygen atoms in total. The second kappa shape index (κ2) is 7.86. The van der Waals surface area contributed by atoms with Crippen molar-refractivity contribution in [3.8, 4) is 12.0 Å². The standard InChI is InChI=1S/C17H27N5O3/c1-4-5-11(2)25-16-20-14(18)13-15(21-16)22(17(19-13)23-3)8-6-12-7-9-24-10-12/h11-12H,4-10H2,1-3H3,(H2,18,20,21)/t11-,12-/m0/s1. The van der Waals surface area contributed by atoms with Crippen LogP contribution in [0.25, 0.3) is 11.2 Å². The molecular weight excluding hydrogens is 322 g/mol. The van der Waals surface area contributed by atoms with Gasteiger partial charge in [0, 0.05) is 19.8 Å². The van der Waals surface area contributed by atoms with Crippen LogP contribution in [0.1, 0.15) is 39.5 Å². The van der Waals surface area contributed by atoms with Gasteiger partial charge in [0.25, 0.3) is 6.01 Å². The molecule has 0 amide bonds. The molecule has 8 heteroatoms. The summed E-state index contributed by atoms with van der Waals surface area (Å²) in [5, 5.41) is 0. The Morgan fingerprint density at radius 1 is 1.36 bits per heavy atom. The Bertz CT molecular complexity index is 712. The molecule has 3 rings (SSSR count). The fourth-order valence-electron chi connectivity index (χ4n) is 3.16. The molecular formula is C17H27N5O3. The van der Waals surface area contributed by atoms with Crippen molar-refractivity contribution in [1.82, 2.24) is 19.5 Å². The summed E-state index contributed by atoms with van der Waals surface area (Å²) >= 11 is 0. The number of hydrogen-bond donors (Lipinski definition) is 1. The molecule has 3 heterocycles. The number of anilines is 1. The van der Waals surface area contributed by atoms with Crippen molar-refractivity contribution in [2.75, 3.05) is 26.1 Å². The van der Waals surface area contributed by atoms with Gasteiger partial charge in [0.1, 0.15) is 0 Å². The lowest BCUT2D eigenvalue weighted by Gasteiger charge is -2.13. The van der Waals surface area contributed by atoms with Gasteiger partial charge in [-0.3, -0.25) is 4.57 Å². The summed E-state index contributed by atoms with van der Waals surface area (Å²) in [4.78, 5) is 13.2. The van der Waals surface area contributed by atoms with E-state index in [0.717, 1.165) is 45.4 Å².